The minimum absolute atomic E-state index is 0.0465. The predicted octanol–water partition coefficient (Wildman–Crippen LogP) is 2.60. The van der Waals surface area contributed by atoms with Gasteiger partial charge in [0.15, 0.2) is 9.84 Å². The average Bonchev–Trinajstić information content (AvgIpc) is 3.03. The Labute approximate surface area is 184 Å². The quantitative estimate of drug-likeness (QED) is 0.608. The van der Waals surface area contributed by atoms with E-state index in [9.17, 15) is 22.8 Å². The minimum Gasteiger partial charge on any atom is -0.462 e. The molecule has 2 heterocycles. The van der Waals surface area contributed by atoms with Gasteiger partial charge in [-0.2, -0.15) is 0 Å². The molecule has 0 spiro atoms. The molecule has 1 aliphatic rings. The summed E-state index contributed by atoms with van der Waals surface area (Å²) in [5, 5.41) is 5.78. The number of hydrogen-bond acceptors (Lipinski definition) is 7. The SMILES string of the molecule is CCOC(=O)c1c(NC(=O)CC(NC(C)=O)c2ccccc2)sc2c1CCS(=O)(=O)C2. The van der Waals surface area contributed by atoms with Crippen molar-refractivity contribution in [3.05, 3.63) is 51.9 Å². The van der Waals surface area contributed by atoms with Crippen molar-refractivity contribution in [1.82, 2.24) is 5.32 Å². The van der Waals surface area contributed by atoms with Crippen LogP contribution in [0.25, 0.3) is 0 Å². The number of carbonyl (C=O) groups excluding carboxylic acids is 3. The summed E-state index contributed by atoms with van der Waals surface area (Å²) in [5.41, 5.74) is 1.62. The van der Waals surface area contributed by atoms with E-state index >= 15 is 0 Å². The first-order valence-corrected chi connectivity index (χ1v) is 12.5. The van der Waals surface area contributed by atoms with Crippen LogP contribution < -0.4 is 10.6 Å². The van der Waals surface area contributed by atoms with E-state index in [-0.39, 0.29) is 47.4 Å². The lowest BCUT2D eigenvalue weighted by Crippen LogP contribution is -2.29. The van der Waals surface area contributed by atoms with E-state index < -0.39 is 27.8 Å². The van der Waals surface area contributed by atoms with Crippen LogP contribution in [-0.4, -0.2) is 38.6 Å². The molecular weight excluding hydrogens is 440 g/mol. The van der Waals surface area contributed by atoms with E-state index in [2.05, 4.69) is 10.6 Å². The van der Waals surface area contributed by atoms with Gasteiger partial charge in [0, 0.05) is 11.8 Å². The molecule has 0 saturated heterocycles. The molecule has 1 atom stereocenters. The van der Waals surface area contributed by atoms with Gasteiger partial charge in [-0.25, -0.2) is 13.2 Å². The molecule has 0 saturated carbocycles. The topological polar surface area (TPSA) is 119 Å². The van der Waals surface area contributed by atoms with Crippen LogP contribution in [0.1, 0.15) is 52.7 Å². The van der Waals surface area contributed by atoms with Crippen molar-refractivity contribution in [2.45, 2.75) is 38.5 Å². The summed E-state index contributed by atoms with van der Waals surface area (Å²) in [4.78, 5) is 37.5. The Morgan fingerprint density at radius 1 is 1.19 bits per heavy atom. The van der Waals surface area contributed by atoms with Gasteiger partial charge in [0.2, 0.25) is 11.8 Å². The second-order valence-electron chi connectivity index (χ2n) is 7.19. The Balaban J connectivity index is 1.86. The Bertz CT molecular complexity index is 1090. The largest absolute Gasteiger partial charge is 0.462 e. The molecule has 0 bridgehead atoms. The molecule has 10 heteroatoms. The average molecular weight is 465 g/mol. The number of benzene rings is 1. The highest BCUT2D eigenvalue weighted by Gasteiger charge is 2.32. The summed E-state index contributed by atoms with van der Waals surface area (Å²) < 4.78 is 29.2. The first-order valence-electron chi connectivity index (χ1n) is 9.84. The van der Waals surface area contributed by atoms with Crippen molar-refractivity contribution in [3.63, 3.8) is 0 Å². The van der Waals surface area contributed by atoms with Crippen LogP contribution in [0.3, 0.4) is 0 Å². The van der Waals surface area contributed by atoms with Crippen LogP contribution in [0.2, 0.25) is 0 Å². The summed E-state index contributed by atoms with van der Waals surface area (Å²) >= 11 is 1.08. The summed E-state index contributed by atoms with van der Waals surface area (Å²) in [6.45, 7) is 3.21. The van der Waals surface area contributed by atoms with E-state index in [4.69, 9.17) is 4.74 Å². The highest BCUT2D eigenvalue weighted by Crippen LogP contribution is 2.38. The number of carbonyl (C=O) groups is 3. The fraction of sp³-hybridized carbons (Fsp3) is 0.381. The summed E-state index contributed by atoms with van der Waals surface area (Å²) in [6, 6.07) is 8.55. The zero-order valence-electron chi connectivity index (χ0n) is 17.3. The lowest BCUT2D eigenvalue weighted by atomic mass is 10.0. The van der Waals surface area contributed by atoms with Gasteiger partial charge >= 0.3 is 5.97 Å². The van der Waals surface area contributed by atoms with Crippen molar-refractivity contribution in [2.75, 3.05) is 17.7 Å². The van der Waals surface area contributed by atoms with E-state index in [0.717, 1.165) is 16.9 Å². The molecular formula is C21H24N2O6S2. The second kappa shape index (κ2) is 9.61. The molecule has 1 aromatic heterocycles. The van der Waals surface area contributed by atoms with E-state index in [1.807, 2.05) is 30.3 Å². The van der Waals surface area contributed by atoms with Crippen molar-refractivity contribution in [2.24, 2.45) is 0 Å². The van der Waals surface area contributed by atoms with Gasteiger partial charge < -0.3 is 15.4 Å². The first-order chi connectivity index (χ1) is 14.7. The van der Waals surface area contributed by atoms with Gasteiger partial charge in [-0.15, -0.1) is 11.3 Å². The van der Waals surface area contributed by atoms with Crippen LogP contribution in [0.5, 0.6) is 0 Å². The van der Waals surface area contributed by atoms with Gasteiger partial charge in [0.05, 0.1) is 36.1 Å². The highest BCUT2D eigenvalue weighted by molar-refractivity contribution is 7.90. The number of amides is 2. The van der Waals surface area contributed by atoms with Crippen LogP contribution in [0.4, 0.5) is 5.00 Å². The molecule has 8 nitrogen and oxygen atoms in total. The van der Waals surface area contributed by atoms with Gasteiger partial charge in [0.1, 0.15) is 5.00 Å². The van der Waals surface area contributed by atoms with Crippen molar-refractivity contribution in [3.8, 4) is 0 Å². The molecule has 0 fully saturated rings. The molecule has 166 valence electrons. The number of thiophene rings is 1. The number of esters is 1. The number of rotatable bonds is 7. The molecule has 1 unspecified atom stereocenters. The number of ether oxygens (including phenoxy) is 1. The highest BCUT2D eigenvalue weighted by atomic mass is 32.2. The standard InChI is InChI=1S/C21H24N2O6S2/c1-3-29-21(26)19-15-9-10-31(27,28)12-17(15)30-20(19)23-18(25)11-16(22-13(2)24)14-7-5-4-6-8-14/h4-8,16H,3,9-12H2,1-2H3,(H,22,24)(H,23,25). The van der Waals surface area contributed by atoms with E-state index in [1.54, 1.807) is 6.92 Å². The number of anilines is 1. The third kappa shape index (κ3) is 5.71. The van der Waals surface area contributed by atoms with Crippen molar-refractivity contribution >= 4 is 44.0 Å². The van der Waals surface area contributed by atoms with E-state index in [1.165, 1.54) is 6.92 Å². The second-order valence-corrected chi connectivity index (χ2v) is 10.5. The fourth-order valence-corrected chi connectivity index (χ4v) is 6.53. The molecule has 2 amide bonds. The lowest BCUT2D eigenvalue weighted by molar-refractivity contribution is -0.120. The van der Waals surface area contributed by atoms with Crippen molar-refractivity contribution in [1.29, 1.82) is 0 Å². The van der Waals surface area contributed by atoms with Gasteiger partial charge in [-0.05, 0) is 24.5 Å². The fourth-order valence-electron chi connectivity index (χ4n) is 3.48. The first kappa shape index (κ1) is 23.0. The third-order valence-corrected chi connectivity index (χ3v) is 7.69. The predicted molar refractivity (Wildman–Crippen MR) is 118 cm³/mol. The van der Waals surface area contributed by atoms with Crippen LogP contribution in [0, 0.1) is 0 Å². The van der Waals surface area contributed by atoms with Crippen LogP contribution in [-0.2, 0) is 36.3 Å². The van der Waals surface area contributed by atoms with Crippen molar-refractivity contribution < 1.29 is 27.5 Å². The third-order valence-electron chi connectivity index (χ3n) is 4.81. The maximum absolute atomic E-state index is 12.8. The van der Waals surface area contributed by atoms with Gasteiger partial charge in [-0.3, -0.25) is 9.59 Å². The van der Waals surface area contributed by atoms with E-state index in [0.29, 0.717) is 10.4 Å². The molecule has 0 radical (unpaired) electrons. The minimum atomic E-state index is -3.24. The van der Waals surface area contributed by atoms with Crippen LogP contribution in [0.15, 0.2) is 30.3 Å². The monoisotopic (exact) mass is 464 g/mol. The maximum Gasteiger partial charge on any atom is 0.341 e. The Morgan fingerprint density at radius 2 is 1.90 bits per heavy atom. The molecule has 2 N–H and O–H groups in total. The Morgan fingerprint density at radius 3 is 2.55 bits per heavy atom. The molecule has 3 rings (SSSR count). The summed E-state index contributed by atoms with van der Waals surface area (Å²) in [5.74, 6) is -1.47. The zero-order chi connectivity index (χ0) is 22.6. The number of sulfone groups is 1. The molecule has 1 aromatic carbocycles. The maximum atomic E-state index is 12.8. The summed E-state index contributed by atoms with van der Waals surface area (Å²) in [6.07, 6.45) is 0.156. The smallest absolute Gasteiger partial charge is 0.341 e. The number of fused-ring (bicyclic) bond motifs is 1. The number of nitrogens with one attached hydrogen (secondary N) is 2. The van der Waals surface area contributed by atoms with Crippen LogP contribution >= 0.6 is 11.3 Å². The molecule has 0 aliphatic carbocycles. The molecule has 2 aromatic rings. The summed E-state index contributed by atoms with van der Waals surface area (Å²) in [7, 11) is -3.24. The van der Waals surface area contributed by atoms with Gasteiger partial charge in [0.25, 0.3) is 0 Å². The Kier molecular flexibility index (Phi) is 7.11. The zero-order valence-corrected chi connectivity index (χ0v) is 18.9. The lowest BCUT2D eigenvalue weighted by Gasteiger charge is -2.18. The molecule has 1 aliphatic heterocycles. The Hall–Kier alpha value is -2.72. The van der Waals surface area contributed by atoms with Gasteiger partial charge in [-0.1, -0.05) is 30.3 Å². The number of hydrogen-bond donors (Lipinski definition) is 2. The normalized spacial score (nSPS) is 15.4. The molecule has 31 heavy (non-hydrogen) atoms.